The monoisotopic (exact) mass is 377 g/mol. The summed E-state index contributed by atoms with van der Waals surface area (Å²) in [5.74, 6) is -0.174. The second-order valence-corrected chi connectivity index (χ2v) is 7.32. The number of nitrogens with zero attached hydrogens (tertiary/aromatic N) is 2. The Labute approximate surface area is 158 Å². The molecular weight excluding hydrogens is 354 g/mol. The van der Waals surface area contributed by atoms with Crippen LogP contribution in [0.25, 0.3) is 6.08 Å². The summed E-state index contributed by atoms with van der Waals surface area (Å²) < 4.78 is 0.556. The molecule has 0 radical (unpaired) electrons. The molecule has 134 valence electrons. The molecule has 1 saturated heterocycles. The average molecular weight is 378 g/mol. The fourth-order valence-electron chi connectivity index (χ4n) is 2.40. The second-order valence-electron chi connectivity index (χ2n) is 5.65. The number of benzene rings is 1. The number of carbonyl (C=O) groups is 2. The highest BCUT2D eigenvalue weighted by Gasteiger charge is 2.28. The molecule has 1 aliphatic rings. The molecule has 0 aromatic heterocycles. The highest BCUT2D eigenvalue weighted by atomic mass is 32.2. The van der Waals surface area contributed by atoms with Crippen LogP contribution in [0, 0.1) is 0 Å². The van der Waals surface area contributed by atoms with Crippen molar-refractivity contribution in [3.63, 3.8) is 0 Å². The van der Waals surface area contributed by atoms with Crippen LogP contribution in [-0.4, -0.2) is 59.2 Å². The van der Waals surface area contributed by atoms with Crippen molar-refractivity contribution < 1.29 is 9.59 Å². The summed E-state index contributed by atoms with van der Waals surface area (Å²) in [5.41, 5.74) is 1.48. The highest BCUT2D eigenvalue weighted by Crippen LogP contribution is 2.31. The molecule has 0 spiro atoms. The molecule has 2 rings (SSSR count). The van der Waals surface area contributed by atoms with Crippen LogP contribution in [0.15, 0.2) is 29.2 Å². The first-order valence-corrected chi connectivity index (χ1v) is 9.50. The first-order chi connectivity index (χ1) is 12.0. The number of amides is 2. The van der Waals surface area contributed by atoms with Gasteiger partial charge in [0.25, 0.3) is 11.8 Å². The van der Waals surface area contributed by atoms with Gasteiger partial charge >= 0.3 is 0 Å². The van der Waals surface area contributed by atoms with E-state index >= 15 is 0 Å². The van der Waals surface area contributed by atoms with E-state index in [1.807, 2.05) is 12.1 Å². The Hall–Kier alpha value is -1.70. The van der Waals surface area contributed by atoms with Crippen molar-refractivity contribution in [1.82, 2.24) is 15.1 Å². The first kappa shape index (κ1) is 19.6. The van der Waals surface area contributed by atoms with Gasteiger partial charge < -0.3 is 10.2 Å². The molecule has 0 saturated carbocycles. The molecule has 0 bridgehead atoms. The van der Waals surface area contributed by atoms with Gasteiger partial charge in [-0.15, -0.1) is 0 Å². The lowest BCUT2D eigenvalue weighted by molar-refractivity contribution is -0.121. The molecule has 1 aromatic carbocycles. The van der Waals surface area contributed by atoms with Gasteiger partial charge in [0.1, 0.15) is 4.32 Å². The van der Waals surface area contributed by atoms with E-state index in [9.17, 15) is 9.59 Å². The summed E-state index contributed by atoms with van der Waals surface area (Å²) in [7, 11) is 1.67. The Morgan fingerprint density at radius 3 is 2.44 bits per heavy atom. The van der Waals surface area contributed by atoms with Crippen LogP contribution in [0.3, 0.4) is 0 Å². The third-order valence-electron chi connectivity index (χ3n) is 4.07. The standard InChI is InChI=1S/C18H23N3O2S2/c1-4-21(5-2)11-10-19-16(22)14-8-6-13(7-9-14)12-15-17(23)20(3)18(24)25-15/h6-9,12H,4-5,10-11H2,1-3H3,(H,19,22)/b15-12-. The fourth-order valence-corrected chi connectivity index (χ4v) is 3.58. The summed E-state index contributed by atoms with van der Waals surface area (Å²) in [4.78, 5) is 28.5. The van der Waals surface area contributed by atoms with Crippen LogP contribution in [0.2, 0.25) is 0 Å². The van der Waals surface area contributed by atoms with Crippen LogP contribution < -0.4 is 5.32 Å². The zero-order valence-electron chi connectivity index (χ0n) is 14.7. The van der Waals surface area contributed by atoms with Crippen molar-refractivity contribution in [3.05, 3.63) is 40.3 Å². The van der Waals surface area contributed by atoms with Gasteiger partial charge in [-0.3, -0.25) is 14.5 Å². The average Bonchev–Trinajstić information content (AvgIpc) is 2.86. The molecule has 1 fully saturated rings. The van der Waals surface area contributed by atoms with Crippen molar-refractivity contribution in [1.29, 1.82) is 0 Å². The lowest BCUT2D eigenvalue weighted by atomic mass is 10.1. The number of hydrogen-bond acceptors (Lipinski definition) is 5. The van der Waals surface area contributed by atoms with E-state index in [2.05, 4.69) is 24.1 Å². The topological polar surface area (TPSA) is 52.7 Å². The third kappa shape index (κ3) is 5.14. The minimum absolute atomic E-state index is 0.0846. The summed E-state index contributed by atoms with van der Waals surface area (Å²) in [6, 6.07) is 7.21. The number of carbonyl (C=O) groups excluding carboxylic acids is 2. The van der Waals surface area contributed by atoms with Crippen molar-refractivity contribution in [2.24, 2.45) is 0 Å². The van der Waals surface area contributed by atoms with E-state index in [0.29, 0.717) is 21.3 Å². The SMILES string of the molecule is CCN(CC)CCNC(=O)c1ccc(/C=C2\SC(=S)N(C)C2=O)cc1. The lowest BCUT2D eigenvalue weighted by Crippen LogP contribution is -2.34. The molecule has 5 nitrogen and oxygen atoms in total. The lowest BCUT2D eigenvalue weighted by Gasteiger charge is -2.17. The summed E-state index contributed by atoms with van der Waals surface area (Å²) in [6.45, 7) is 7.64. The fraction of sp³-hybridized carbons (Fsp3) is 0.389. The largest absolute Gasteiger partial charge is 0.351 e. The Morgan fingerprint density at radius 1 is 1.28 bits per heavy atom. The van der Waals surface area contributed by atoms with E-state index in [-0.39, 0.29) is 11.8 Å². The van der Waals surface area contributed by atoms with E-state index in [4.69, 9.17) is 12.2 Å². The van der Waals surface area contributed by atoms with Crippen molar-refractivity contribution in [2.75, 3.05) is 33.2 Å². The molecule has 0 unspecified atom stereocenters. The van der Waals surface area contributed by atoms with E-state index in [1.54, 1.807) is 25.3 Å². The zero-order valence-corrected chi connectivity index (χ0v) is 16.4. The molecular formula is C18H23N3O2S2. The van der Waals surface area contributed by atoms with Gasteiger partial charge in [0.2, 0.25) is 0 Å². The van der Waals surface area contributed by atoms with Gasteiger partial charge in [-0.05, 0) is 36.9 Å². The number of nitrogens with one attached hydrogen (secondary N) is 1. The normalized spacial score (nSPS) is 16.2. The Balaban J connectivity index is 1.94. The summed E-state index contributed by atoms with van der Waals surface area (Å²) in [6.07, 6.45) is 1.80. The van der Waals surface area contributed by atoms with Gasteiger partial charge in [0.15, 0.2) is 0 Å². The predicted octanol–water partition coefficient (Wildman–Crippen LogP) is 2.59. The molecule has 1 aromatic rings. The molecule has 0 aliphatic carbocycles. The van der Waals surface area contributed by atoms with Gasteiger partial charge in [-0.25, -0.2) is 0 Å². The van der Waals surface area contributed by atoms with Gasteiger partial charge in [-0.1, -0.05) is 50.0 Å². The summed E-state index contributed by atoms with van der Waals surface area (Å²) in [5, 5.41) is 2.93. The highest BCUT2D eigenvalue weighted by molar-refractivity contribution is 8.26. The minimum Gasteiger partial charge on any atom is -0.351 e. The molecule has 0 atom stereocenters. The van der Waals surface area contributed by atoms with Crippen molar-refractivity contribution in [2.45, 2.75) is 13.8 Å². The number of rotatable bonds is 7. The third-order valence-corrected chi connectivity index (χ3v) is 5.55. The number of likely N-dealkylation sites (N-methyl/N-ethyl adjacent to an activating group) is 2. The molecule has 25 heavy (non-hydrogen) atoms. The van der Waals surface area contributed by atoms with Crippen LogP contribution in [0.5, 0.6) is 0 Å². The Kier molecular flexibility index (Phi) is 7.16. The van der Waals surface area contributed by atoms with E-state index < -0.39 is 0 Å². The smallest absolute Gasteiger partial charge is 0.265 e. The van der Waals surface area contributed by atoms with Crippen LogP contribution in [-0.2, 0) is 4.79 Å². The minimum atomic E-state index is -0.0896. The number of thioether (sulfide) groups is 1. The zero-order chi connectivity index (χ0) is 18.4. The van der Waals surface area contributed by atoms with Crippen LogP contribution in [0.4, 0.5) is 0 Å². The summed E-state index contributed by atoms with van der Waals surface area (Å²) >= 11 is 6.40. The molecule has 1 heterocycles. The van der Waals surface area contributed by atoms with Crippen LogP contribution in [0.1, 0.15) is 29.8 Å². The van der Waals surface area contributed by atoms with Gasteiger partial charge in [-0.2, -0.15) is 0 Å². The molecule has 1 N–H and O–H groups in total. The maximum Gasteiger partial charge on any atom is 0.265 e. The predicted molar refractivity (Wildman–Crippen MR) is 107 cm³/mol. The van der Waals surface area contributed by atoms with Gasteiger partial charge in [0, 0.05) is 25.7 Å². The number of hydrogen-bond donors (Lipinski definition) is 1. The van der Waals surface area contributed by atoms with Crippen molar-refractivity contribution in [3.8, 4) is 0 Å². The maximum atomic E-state index is 12.2. The van der Waals surface area contributed by atoms with E-state index in [1.165, 1.54) is 16.7 Å². The van der Waals surface area contributed by atoms with Crippen molar-refractivity contribution >= 4 is 46.2 Å². The maximum absolute atomic E-state index is 12.2. The van der Waals surface area contributed by atoms with Gasteiger partial charge in [0.05, 0.1) is 4.91 Å². The number of thiocarbonyl (C=S) groups is 1. The van der Waals surface area contributed by atoms with E-state index in [0.717, 1.165) is 25.2 Å². The molecule has 1 aliphatic heterocycles. The Morgan fingerprint density at radius 2 is 1.92 bits per heavy atom. The Bertz CT molecular complexity index is 682. The molecule has 2 amide bonds. The van der Waals surface area contributed by atoms with Crippen LogP contribution >= 0.6 is 24.0 Å². The quantitative estimate of drug-likeness (QED) is 0.585. The second kappa shape index (κ2) is 9.12. The molecule has 7 heteroatoms. The first-order valence-electron chi connectivity index (χ1n) is 8.28.